The summed E-state index contributed by atoms with van der Waals surface area (Å²) in [5.74, 6) is 0. The van der Waals surface area contributed by atoms with Crippen LogP contribution in [0, 0.1) is 11.3 Å². The van der Waals surface area contributed by atoms with Crippen LogP contribution in [0.25, 0.3) is 0 Å². The minimum Gasteiger partial charge on any atom is -0.375 e. The van der Waals surface area contributed by atoms with Crippen LogP contribution < -0.4 is 10.6 Å². The Balaban J connectivity index is 2.82. The summed E-state index contributed by atoms with van der Waals surface area (Å²) in [7, 11) is 0. The van der Waals surface area contributed by atoms with Gasteiger partial charge in [0, 0.05) is 13.1 Å². The lowest BCUT2D eigenvalue weighted by Gasteiger charge is -2.22. The minimum absolute atomic E-state index is 0.472. The van der Waals surface area contributed by atoms with E-state index >= 15 is 0 Å². The fourth-order valence-corrected chi connectivity index (χ4v) is 2.46. The van der Waals surface area contributed by atoms with Crippen LogP contribution in [0.2, 0.25) is 0 Å². The SMILES string of the molecule is CCCCN(CCCC)c1sc(N)nc1C#N. The summed E-state index contributed by atoms with van der Waals surface area (Å²) in [6, 6.07) is 2.13. The number of thiazole rings is 1. The predicted molar refractivity (Wildman–Crippen MR) is 73.3 cm³/mol. The standard InChI is InChI=1S/C12H20N4S/c1-3-5-7-16(8-6-4-2)11-10(9-13)15-12(14)17-11/h3-8H2,1-2H3,(H2,14,15). The molecule has 17 heavy (non-hydrogen) atoms. The molecule has 0 saturated heterocycles. The average Bonchev–Trinajstić information content (AvgIpc) is 2.70. The van der Waals surface area contributed by atoms with Crippen LogP contribution in [-0.2, 0) is 0 Å². The summed E-state index contributed by atoms with van der Waals surface area (Å²) in [5, 5.41) is 10.5. The van der Waals surface area contributed by atoms with Crippen molar-refractivity contribution in [2.45, 2.75) is 39.5 Å². The highest BCUT2D eigenvalue weighted by atomic mass is 32.1. The molecule has 1 aromatic heterocycles. The molecule has 4 nitrogen and oxygen atoms in total. The normalized spacial score (nSPS) is 10.2. The van der Waals surface area contributed by atoms with Gasteiger partial charge in [0.15, 0.2) is 10.8 Å². The molecule has 1 heterocycles. The molecule has 0 aliphatic heterocycles. The van der Waals surface area contributed by atoms with E-state index in [1.165, 1.54) is 11.3 Å². The topological polar surface area (TPSA) is 65.9 Å². The van der Waals surface area contributed by atoms with Crippen molar-refractivity contribution < 1.29 is 0 Å². The summed E-state index contributed by atoms with van der Waals surface area (Å²) < 4.78 is 0. The molecule has 0 aliphatic rings. The Labute approximate surface area is 107 Å². The summed E-state index contributed by atoms with van der Waals surface area (Å²) in [5.41, 5.74) is 6.15. The Morgan fingerprint density at radius 2 is 1.88 bits per heavy atom. The zero-order valence-electron chi connectivity index (χ0n) is 10.6. The van der Waals surface area contributed by atoms with E-state index in [4.69, 9.17) is 11.0 Å². The number of nitrogens with two attached hydrogens (primary N) is 1. The predicted octanol–water partition coefficient (Wildman–Crippen LogP) is 3.00. The van der Waals surface area contributed by atoms with E-state index in [2.05, 4.69) is 29.8 Å². The second kappa shape index (κ2) is 7.13. The fourth-order valence-electron chi connectivity index (χ4n) is 1.63. The lowest BCUT2D eigenvalue weighted by molar-refractivity contribution is 0.681. The van der Waals surface area contributed by atoms with E-state index in [0.29, 0.717) is 10.8 Å². The molecular weight excluding hydrogens is 232 g/mol. The van der Waals surface area contributed by atoms with Crippen molar-refractivity contribution in [3.63, 3.8) is 0 Å². The first-order valence-electron chi connectivity index (χ1n) is 6.14. The van der Waals surface area contributed by atoms with Gasteiger partial charge in [-0.25, -0.2) is 4.98 Å². The van der Waals surface area contributed by atoms with E-state index in [1.54, 1.807) is 0 Å². The lowest BCUT2D eigenvalue weighted by Crippen LogP contribution is -2.25. The van der Waals surface area contributed by atoms with Gasteiger partial charge >= 0.3 is 0 Å². The zero-order chi connectivity index (χ0) is 12.7. The molecule has 0 saturated carbocycles. The van der Waals surface area contributed by atoms with Crippen molar-refractivity contribution in [3.8, 4) is 6.07 Å². The molecule has 0 amide bonds. The number of nitrogen functional groups attached to an aromatic ring is 1. The van der Waals surface area contributed by atoms with Crippen molar-refractivity contribution in [2.75, 3.05) is 23.7 Å². The number of nitriles is 1. The minimum atomic E-state index is 0.472. The van der Waals surface area contributed by atoms with Crippen molar-refractivity contribution in [2.24, 2.45) is 0 Å². The molecule has 5 heteroatoms. The molecule has 0 bridgehead atoms. The van der Waals surface area contributed by atoms with Crippen LogP contribution in [0.15, 0.2) is 0 Å². The van der Waals surface area contributed by atoms with Gasteiger partial charge in [-0.15, -0.1) is 0 Å². The molecule has 0 spiro atoms. The van der Waals surface area contributed by atoms with Gasteiger partial charge in [-0.2, -0.15) is 5.26 Å². The number of unbranched alkanes of at least 4 members (excludes halogenated alkanes) is 2. The maximum absolute atomic E-state index is 9.04. The molecule has 0 radical (unpaired) electrons. The molecule has 0 atom stereocenters. The number of hydrogen-bond acceptors (Lipinski definition) is 5. The van der Waals surface area contributed by atoms with Crippen LogP contribution in [-0.4, -0.2) is 18.1 Å². The van der Waals surface area contributed by atoms with E-state index in [9.17, 15) is 0 Å². The van der Waals surface area contributed by atoms with Gasteiger partial charge in [0.1, 0.15) is 11.1 Å². The molecule has 1 rings (SSSR count). The number of nitrogens with zero attached hydrogens (tertiary/aromatic N) is 3. The van der Waals surface area contributed by atoms with Crippen molar-refractivity contribution in [1.29, 1.82) is 5.26 Å². The first kappa shape index (κ1) is 13.8. The highest BCUT2D eigenvalue weighted by molar-refractivity contribution is 7.19. The van der Waals surface area contributed by atoms with Crippen LogP contribution in [0.4, 0.5) is 10.1 Å². The average molecular weight is 252 g/mol. The van der Waals surface area contributed by atoms with Crippen molar-refractivity contribution in [3.05, 3.63) is 5.69 Å². The van der Waals surface area contributed by atoms with Crippen LogP contribution >= 0.6 is 11.3 Å². The zero-order valence-corrected chi connectivity index (χ0v) is 11.4. The van der Waals surface area contributed by atoms with Gasteiger partial charge in [0.05, 0.1) is 0 Å². The maximum atomic E-state index is 9.04. The number of anilines is 2. The lowest BCUT2D eigenvalue weighted by atomic mass is 10.2. The molecule has 2 N–H and O–H groups in total. The largest absolute Gasteiger partial charge is 0.375 e. The smallest absolute Gasteiger partial charge is 0.183 e. The third-order valence-electron chi connectivity index (χ3n) is 2.58. The first-order valence-corrected chi connectivity index (χ1v) is 6.95. The summed E-state index contributed by atoms with van der Waals surface area (Å²) in [6.45, 7) is 6.30. The Morgan fingerprint density at radius 1 is 1.29 bits per heavy atom. The van der Waals surface area contributed by atoms with Gasteiger partial charge in [0.25, 0.3) is 0 Å². The van der Waals surface area contributed by atoms with Crippen LogP contribution in [0.3, 0.4) is 0 Å². The highest BCUT2D eigenvalue weighted by Crippen LogP contribution is 2.30. The molecule has 0 aliphatic carbocycles. The van der Waals surface area contributed by atoms with Gasteiger partial charge in [-0.1, -0.05) is 38.0 Å². The quantitative estimate of drug-likeness (QED) is 0.810. The molecule has 0 unspecified atom stereocenters. The monoisotopic (exact) mass is 252 g/mol. The molecule has 94 valence electrons. The second-order valence-electron chi connectivity index (χ2n) is 4.01. The number of rotatable bonds is 7. The Kier molecular flexibility index (Phi) is 5.78. The Hall–Kier alpha value is -1.28. The van der Waals surface area contributed by atoms with Gasteiger partial charge < -0.3 is 10.6 Å². The molecule has 0 aromatic carbocycles. The summed E-state index contributed by atoms with van der Waals surface area (Å²) in [4.78, 5) is 6.31. The highest BCUT2D eigenvalue weighted by Gasteiger charge is 2.15. The number of aromatic nitrogens is 1. The van der Waals surface area contributed by atoms with Gasteiger partial charge in [0.2, 0.25) is 0 Å². The third-order valence-corrected chi connectivity index (χ3v) is 3.53. The van der Waals surface area contributed by atoms with Crippen LogP contribution in [0.5, 0.6) is 0 Å². The van der Waals surface area contributed by atoms with Gasteiger partial charge in [-0.05, 0) is 12.8 Å². The van der Waals surface area contributed by atoms with E-state index in [-0.39, 0.29) is 0 Å². The van der Waals surface area contributed by atoms with Crippen LogP contribution in [0.1, 0.15) is 45.2 Å². The second-order valence-corrected chi connectivity index (χ2v) is 5.02. The first-order chi connectivity index (χ1) is 8.22. The molecular formula is C12H20N4S. The molecule has 0 fully saturated rings. The summed E-state index contributed by atoms with van der Waals surface area (Å²) in [6.07, 6.45) is 4.57. The van der Waals surface area contributed by atoms with Gasteiger partial charge in [-0.3, -0.25) is 0 Å². The van der Waals surface area contributed by atoms with E-state index in [0.717, 1.165) is 43.8 Å². The maximum Gasteiger partial charge on any atom is 0.183 e. The Morgan fingerprint density at radius 3 is 2.35 bits per heavy atom. The van der Waals surface area contributed by atoms with Crippen molar-refractivity contribution in [1.82, 2.24) is 4.98 Å². The third kappa shape index (κ3) is 3.90. The summed E-state index contributed by atoms with van der Waals surface area (Å²) >= 11 is 1.42. The van der Waals surface area contributed by atoms with E-state index < -0.39 is 0 Å². The van der Waals surface area contributed by atoms with Crippen molar-refractivity contribution >= 4 is 21.5 Å². The Bertz CT molecular complexity index is 372. The van der Waals surface area contributed by atoms with E-state index in [1.807, 2.05) is 0 Å². The molecule has 1 aromatic rings. The number of hydrogen-bond donors (Lipinski definition) is 1. The fraction of sp³-hybridized carbons (Fsp3) is 0.667.